The predicted molar refractivity (Wildman–Crippen MR) is 75.2 cm³/mol. The molecule has 0 saturated carbocycles. The van der Waals surface area contributed by atoms with E-state index in [0.717, 1.165) is 24.6 Å². The highest BCUT2D eigenvalue weighted by atomic mass is 32.2. The van der Waals surface area contributed by atoms with Gasteiger partial charge in [0.1, 0.15) is 5.82 Å². The second kappa shape index (κ2) is 5.73. The van der Waals surface area contributed by atoms with Crippen LogP contribution in [0.5, 0.6) is 0 Å². The zero-order valence-electron chi connectivity index (χ0n) is 11.9. The highest BCUT2D eigenvalue weighted by Gasteiger charge is 2.37. The van der Waals surface area contributed by atoms with Crippen molar-refractivity contribution < 1.29 is 22.7 Å². The highest BCUT2D eigenvalue weighted by molar-refractivity contribution is 7.89. The molecule has 1 heterocycles. The minimum atomic E-state index is -4.05. The van der Waals surface area contributed by atoms with E-state index >= 15 is 0 Å². The zero-order chi connectivity index (χ0) is 15.8. The molecule has 1 N–H and O–H groups in total. The number of benzene rings is 1. The Morgan fingerprint density at radius 3 is 2.38 bits per heavy atom. The number of piperidine rings is 1. The molecule has 0 spiro atoms. The lowest BCUT2D eigenvalue weighted by Crippen LogP contribution is -2.47. The maximum atomic E-state index is 13.4. The maximum absolute atomic E-state index is 13.4. The first kappa shape index (κ1) is 15.9. The van der Waals surface area contributed by atoms with Crippen LogP contribution >= 0.6 is 0 Å². The van der Waals surface area contributed by atoms with Crippen molar-refractivity contribution in [3.05, 3.63) is 29.6 Å². The SMILES string of the molecule is C[C@@H]1CCC[C@H](C)N1S(=O)(=O)c1cc(F)ccc1C(=O)O. The molecule has 2 rings (SSSR count). The molecule has 1 aromatic carbocycles. The molecule has 0 aromatic heterocycles. The van der Waals surface area contributed by atoms with Gasteiger partial charge in [0.2, 0.25) is 10.0 Å². The maximum Gasteiger partial charge on any atom is 0.337 e. The van der Waals surface area contributed by atoms with E-state index in [1.165, 1.54) is 4.31 Å². The van der Waals surface area contributed by atoms with Crippen molar-refractivity contribution in [1.82, 2.24) is 4.31 Å². The molecule has 21 heavy (non-hydrogen) atoms. The number of carboxylic acid groups (broad SMARTS) is 1. The van der Waals surface area contributed by atoms with Crippen LogP contribution in [0, 0.1) is 5.82 Å². The van der Waals surface area contributed by atoms with Crippen LogP contribution in [0.15, 0.2) is 23.1 Å². The quantitative estimate of drug-likeness (QED) is 0.930. The Labute approximate surface area is 123 Å². The standard InChI is InChI=1S/C14H18FNO4S/c1-9-4-3-5-10(2)16(9)21(19,20)13-8-11(15)6-7-12(13)14(17)18/h6-10H,3-5H2,1-2H3,(H,17,18)/t9-,10+. The first-order valence-corrected chi connectivity index (χ1v) is 8.25. The van der Waals surface area contributed by atoms with Gasteiger partial charge in [0.25, 0.3) is 0 Å². The molecule has 1 aromatic rings. The summed E-state index contributed by atoms with van der Waals surface area (Å²) in [5.41, 5.74) is -0.402. The van der Waals surface area contributed by atoms with Crippen molar-refractivity contribution in [2.24, 2.45) is 0 Å². The summed E-state index contributed by atoms with van der Waals surface area (Å²) in [6, 6.07) is 2.26. The number of halogens is 1. The average Bonchev–Trinajstić information content (AvgIpc) is 2.37. The second-order valence-corrected chi connectivity index (χ2v) is 7.22. The summed E-state index contributed by atoms with van der Waals surface area (Å²) in [5.74, 6) is -2.15. The van der Waals surface area contributed by atoms with Gasteiger partial charge < -0.3 is 5.11 Å². The van der Waals surface area contributed by atoms with Gasteiger partial charge in [0.15, 0.2) is 0 Å². The molecule has 0 amide bonds. The van der Waals surface area contributed by atoms with E-state index in [2.05, 4.69) is 0 Å². The number of sulfonamides is 1. The molecule has 0 bridgehead atoms. The van der Waals surface area contributed by atoms with Gasteiger partial charge in [0.05, 0.1) is 10.5 Å². The Balaban J connectivity index is 2.58. The lowest BCUT2D eigenvalue weighted by Gasteiger charge is -2.37. The largest absolute Gasteiger partial charge is 0.478 e. The van der Waals surface area contributed by atoms with Crippen molar-refractivity contribution in [1.29, 1.82) is 0 Å². The summed E-state index contributed by atoms with van der Waals surface area (Å²) < 4.78 is 40.3. The molecule has 1 saturated heterocycles. The van der Waals surface area contributed by atoms with Crippen LogP contribution in [0.25, 0.3) is 0 Å². The molecule has 116 valence electrons. The Hall–Kier alpha value is -1.47. The fourth-order valence-electron chi connectivity index (χ4n) is 2.87. The van der Waals surface area contributed by atoms with Crippen LogP contribution < -0.4 is 0 Å². The summed E-state index contributed by atoms with van der Waals surface area (Å²) in [6.45, 7) is 3.57. The smallest absolute Gasteiger partial charge is 0.337 e. The Morgan fingerprint density at radius 2 is 1.86 bits per heavy atom. The van der Waals surface area contributed by atoms with Crippen LogP contribution in [0.4, 0.5) is 4.39 Å². The third-order valence-electron chi connectivity index (χ3n) is 3.84. The van der Waals surface area contributed by atoms with Crippen molar-refractivity contribution in [3.8, 4) is 0 Å². The molecule has 5 nitrogen and oxygen atoms in total. The monoisotopic (exact) mass is 315 g/mol. The first-order chi connectivity index (χ1) is 9.75. The number of aromatic carboxylic acids is 1. The van der Waals surface area contributed by atoms with Crippen LogP contribution in [-0.4, -0.2) is 35.9 Å². The van der Waals surface area contributed by atoms with Crippen LogP contribution in [0.3, 0.4) is 0 Å². The van der Waals surface area contributed by atoms with E-state index in [9.17, 15) is 17.6 Å². The molecular formula is C14H18FNO4S. The lowest BCUT2D eigenvalue weighted by molar-refractivity contribution is 0.0692. The molecule has 0 unspecified atom stereocenters. The molecule has 2 atom stereocenters. The van der Waals surface area contributed by atoms with Gasteiger partial charge in [-0.15, -0.1) is 0 Å². The van der Waals surface area contributed by atoms with Gasteiger partial charge in [-0.3, -0.25) is 0 Å². The number of nitrogens with zero attached hydrogens (tertiary/aromatic N) is 1. The Bertz CT molecular complexity index is 649. The van der Waals surface area contributed by atoms with Crippen LogP contribution in [0.2, 0.25) is 0 Å². The lowest BCUT2D eigenvalue weighted by atomic mass is 10.0. The molecule has 1 fully saturated rings. The summed E-state index contributed by atoms with van der Waals surface area (Å²) in [5, 5.41) is 9.14. The van der Waals surface area contributed by atoms with Crippen molar-refractivity contribution in [2.45, 2.75) is 50.1 Å². The van der Waals surface area contributed by atoms with Crippen LogP contribution in [-0.2, 0) is 10.0 Å². The number of carbonyl (C=O) groups is 1. The molecule has 0 aliphatic carbocycles. The van der Waals surface area contributed by atoms with E-state index in [1.54, 1.807) is 13.8 Å². The fraction of sp³-hybridized carbons (Fsp3) is 0.500. The number of rotatable bonds is 3. The summed E-state index contributed by atoms with van der Waals surface area (Å²) >= 11 is 0. The van der Waals surface area contributed by atoms with Gasteiger partial charge >= 0.3 is 5.97 Å². The molecule has 1 aliphatic rings. The van der Waals surface area contributed by atoms with Gasteiger partial charge in [-0.05, 0) is 44.9 Å². The topological polar surface area (TPSA) is 74.7 Å². The van der Waals surface area contributed by atoms with Crippen molar-refractivity contribution >= 4 is 16.0 Å². The minimum Gasteiger partial charge on any atom is -0.478 e. The normalized spacial score (nSPS) is 24.0. The van der Waals surface area contributed by atoms with Gasteiger partial charge in [-0.2, -0.15) is 4.31 Å². The molecule has 0 radical (unpaired) electrons. The third-order valence-corrected chi connectivity index (χ3v) is 6.01. The number of hydrogen-bond acceptors (Lipinski definition) is 3. The van der Waals surface area contributed by atoms with Crippen LogP contribution in [0.1, 0.15) is 43.5 Å². The molecule has 7 heteroatoms. The highest BCUT2D eigenvalue weighted by Crippen LogP contribution is 2.31. The van der Waals surface area contributed by atoms with Crippen molar-refractivity contribution in [2.75, 3.05) is 0 Å². The second-order valence-electron chi connectivity index (χ2n) is 5.41. The first-order valence-electron chi connectivity index (χ1n) is 6.81. The Morgan fingerprint density at radius 1 is 1.29 bits per heavy atom. The van der Waals surface area contributed by atoms with Gasteiger partial charge in [-0.25, -0.2) is 17.6 Å². The summed E-state index contributed by atoms with van der Waals surface area (Å²) in [4.78, 5) is 10.7. The average molecular weight is 315 g/mol. The van der Waals surface area contributed by atoms with Gasteiger partial charge in [-0.1, -0.05) is 6.42 Å². The summed E-state index contributed by atoms with van der Waals surface area (Å²) in [6.07, 6.45) is 2.34. The van der Waals surface area contributed by atoms with Gasteiger partial charge in [0, 0.05) is 12.1 Å². The van der Waals surface area contributed by atoms with Crippen molar-refractivity contribution in [3.63, 3.8) is 0 Å². The van der Waals surface area contributed by atoms with E-state index in [0.29, 0.717) is 12.8 Å². The Kier molecular flexibility index (Phi) is 4.34. The zero-order valence-corrected chi connectivity index (χ0v) is 12.7. The minimum absolute atomic E-state index is 0.233. The summed E-state index contributed by atoms with van der Waals surface area (Å²) in [7, 11) is -4.05. The van der Waals surface area contributed by atoms with E-state index < -0.39 is 32.3 Å². The molecular weight excluding hydrogens is 297 g/mol. The molecule has 1 aliphatic heterocycles. The number of carboxylic acids is 1. The van der Waals surface area contributed by atoms with E-state index in [-0.39, 0.29) is 12.1 Å². The third kappa shape index (κ3) is 2.94. The number of hydrogen-bond donors (Lipinski definition) is 1. The van der Waals surface area contributed by atoms with E-state index in [4.69, 9.17) is 5.11 Å². The predicted octanol–water partition coefficient (Wildman–Crippen LogP) is 2.48. The van der Waals surface area contributed by atoms with E-state index in [1.807, 2.05) is 0 Å². The fourth-order valence-corrected chi connectivity index (χ4v) is 4.95.